The van der Waals surface area contributed by atoms with Crippen LogP contribution in [0.3, 0.4) is 0 Å². The smallest absolute Gasteiger partial charge is 0.239 e. The SMILES string of the molecule is CN(C)C1CCN(c2ccnc(NN)n2)CC1. The highest BCUT2D eigenvalue weighted by atomic mass is 15.3. The minimum atomic E-state index is 0.470. The first-order valence-corrected chi connectivity index (χ1v) is 5.91. The van der Waals surface area contributed by atoms with Crippen molar-refractivity contribution in [3.63, 3.8) is 0 Å². The van der Waals surface area contributed by atoms with Crippen LogP contribution in [0.2, 0.25) is 0 Å². The topological polar surface area (TPSA) is 70.3 Å². The van der Waals surface area contributed by atoms with Gasteiger partial charge in [0, 0.05) is 25.3 Å². The molecule has 1 aliphatic heterocycles. The Labute approximate surface area is 102 Å². The Morgan fingerprint density at radius 3 is 2.71 bits per heavy atom. The van der Waals surface area contributed by atoms with E-state index in [0.717, 1.165) is 18.9 Å². The number of nitrogens with one attached hydrogen (secondary N) is 1. The fraction of sp³-hybridized carbons (Fsp3) is 0.636. The third-order valence-electron chi connectivity index (χ3n) is 3.29. The molecule has 0 spiro atoms. The quantitative estimate of drug-likeness (QED) is 0.581. The molecule has 17 heavy (non-hydrogen) atoms. The van der Waals surface area contributed by atoms with Gasteiger partial charge in [0.05, 0.1) is 0 Å². The summed E-state index contributed by atoms with van der Waals surface area (Å²) >= 11 is 0. The van der Waals surface area contributed by atoms with Crippen molar-refractivity contribution in [1.29, 1.82) is 0 Å². The number of anilines is 2. The number of hydrogen-bond acceptors (Lipinski definition) is 6. The van der Waals surface area contributed by atoms with Crippen molar-refractivity contribution in [2.45, 2.75) is 18.9 Å². The molecule has 1 aromatic heterocycles. The largest absolute Gasteiger partial charge is 0.356 e. The van der Waals surface area contributed by atoms with Gasteiger partial charge in [-0.2, -0.15) is 4.98 Å². The Hall–Kier alpha value is -1.40. The molecule has 1 aromatic rings. The van der Waals surface area contributed by atoms with E-state index in [1.165, 1.54) is 12.8 Å². The second-order valence-corrected chi connectivity index (χ2v) is 4.56. The van der Waals surface area contributed by atoms with Crippen LogP contribution in [0.15, 0.2) is 12.3 Å². The zero-order chi connectivity index (χ0) is 12.3. The molecular weight excluding hydrogens is 216 g/mol. The molecule has 0 unspecified atom stereocenters. The van der Waals surface area contributed by atoms with E-state index in [1.54, 1.807) is 6.20 Å². The predicted octanol–water partition coefficient (Wildman–Crippen LogP) is 0.293. The van der Waals surface area contributed by atoms with Crippen LogP contribution in [0.5, 0.6) is 0 Å². The van der Waals surface area contributed by atoms with Gasteiger partial charge in [-0.15, -0.1) is 0 Å². The number of hydrogen-bond donors (Lipinski definition) is 2. The second-order valence-electron chi connectivity index (χ2n) is 4.56. The van der Waals surface area contributed by atoms with Gasteiger partial charge in [0.2, 0.25) is 5.95 Å². The zero-order valence-electron chi connectivity index (χ0n) is 10.4. The number of hydrazine groups is 1. The maximum Gasteiger partial charge on any atom is 0.239 e. The summed E-state index contributed by atoms with van der Waals surface area (Å²) in [5.74, 6) is 6.73. The fourth-order valence-electron chi connectivity index (χ4n) is 2.21. The molecule has 6 nitrogen and oxygen atoms in total. The maximum atomic E-state index is 5.31. The summed E-state index contributed by atoms with van der Waals surface area (Å²) in [4.78, 5) is 12.9. The molecule has 0 radical (unpaired) electrons. The average molecular weight is 236 g/mol. The van der Waals surface area contributed by atoms with Crippen LogP contribution in [-0.2, 0) is 0 Å². The Morgan fingerprint density at radius 2 is 2.12 bits per heavy atom. The van der Waals surface area contributed by atoms with Gasteiger partial charge in [-0.1, -0.05) is 0 Å². The van der Waals surface area contributed by atoms with Crippen LogP contribution < -0.4 is 16.2 Å². The number of nitrogens with zero attached hydrogens (tertiary/aromatic N) is 4. The van der Waals surface area contributed by atoms with Gasteiger partial charge in [-0.3, -0.25) is 5.43 Å². The molecule has 94 valence electrons. The molecule has 0 aliphatic carbocycles. The standard InChI is InChI=1S/C11H20N6/c1-16(2)9-4-7-17(8-5-9)10-3-6-13-11(14-10)15-12/h3,6,9H,4-5,7-8,12H2,1-2H3,(H,13,14,15). The van der Waals surface area contributed by atoms with Crippen LogP contribution >= 0.6 is 0 Å². The highest BCUT2D eigenvalue weighted by Gasteiger charge is 2.21. The summed E-state index contributed by atoms with van der Waals surface area (Å²) in [7, 11) is 4.28. The Bertz CT molecular complexity index is 359. The molecule has 0 saturated carbocycles. The number of rotatable bonds is 3. The van der Waals surface area contributed by atoms with Crippen molar-refractivity contribution in [1.82, 2.24) is 14.9 Å². The summed E-state index contributed by atoms with van der Waals surface area (Å²) in [5.41, 5.74) is 2.48. The molecule has 0 atom stereocenters. The minimum absolute atomic E-state index is 0.470. The van der Waals surface area contributed by atoms with Gasteiger partial charge in [-0.05, 0) is 33.0 Å². The van der Waals surface area contributed by atoms with E-state index in [-0.39, 0.29) is 0 Å². The Kier molecular flexibility index (Phi) is 3.75. The van der Waals surface area contributed by atoms with E-state index >= 15 is 0 Å². The van der Waals surface area contributed by atoms with Crippen molar-refractivity contribution in [2.24, 2.45) is 5.84 Å². The lowest BCUT2D eigenvalue weighted by atomic mass is 10.0. The molecule has 1 saturated heterocycles. The molecule has 6 heteroatoms. The average Bonchev–Trinajstić information content (AvgIpc) is 2.39. The lowest BCUT2D eigenvalue weighted by Gasteiger charge is -2.35. The van der Waals surface area contributed by atoms with E-state index in [0.29, 0.717) is 12.0 Å². The van der Waals surface area contributed by atoms with Crippen molar-refractivity contribution < 1.29 is 0 Å². The van der Waals surface area contributed by atoms with E-state index < -0.39 is 0 Å². The van der Waals surface area contributed by atoms with Crippen LogP contribution in [0, 0.1) is 0 Å². The molecule has 1 aliphatic rings. The van der Waals surface area contributed by atoms with Gasteiger partial charge in [0.1, 0.15) is 5.82 Å². The van der Waals surface area contributed by atoms with Crippen molar-refractivity contribution in [3.8, 4) is 0 Å². The fourth-order valence-corrected chi connectivity index (χ4v) is 2.21. The molecule has 0 aromatic carbocycles. The van der Waals surface area contributed by atoms with E-state index in [9.17, 15) is 0 Å². The van der Waals surface area contributed by atoms with Gasteiger partial charge >= 0.3 is 0 Å². The number of nitrogen functional groups attached to an aromatic ring is 1. The van der Waals surface area contributed by atoms with E-state index in [4.69, 9.17) is 5.84 Å². The lowest BCUT2D eigenvalue weighted by Crippen LogP contribution is -2.42. The second kappa shape index (κ2) is 5.29. The number of piperidine rings is 1. The number of aromatic nitrogens is 2. The normalized spacial score (nSPS) is 17.5. The highest BCUT2D eigenvalue weighted by molar-refractivity contribution is 5.42. The van der Waals surface area contributed by atoms with Crippen molar-refractivity contribution in [3.05, 3.63) is 12.3 Å². The first kappa shape index (κ1) is 12.1. The molecule has 0 amide bonds. The molecule has 0 bridgehead atoms. The molecule has 1 fully saturated rings. The van der Waals surface area contributed by atoms with Crippen molar-refractivity contribution in [2.75, 3.05) is 37.5 Å². The van der Waals surface area contributed by atoms with Crippen LogP contribution in [0.25, 0.3) is 0 Å². The molecule has 2 rings (SSSR count). The summed E-state index contributed by atoms with van der Waals surface area (Å²) in [6.07, 6.45) is 4.07. The predicted molar refractivity (Wildman–Crippen MR) is 68.8 cm³/mol. The van der Waals surface area contributed by atoms with Crippen LogP contribution in [-0.4, -0.2) is 48.1 Å². The third kappa shape index (κ3) is 2.83. The maximum absolute atomic E-state index is 5.31. The molecular formula is C11H20N6. The molecule has 2 heterocycles. The van der Waals surface area contributed by atoms with Gasteiger partial charge in [-0.25, -0.2) is 10.8 Å². The summed E-state index contributed by atoms with van der Waals surface area (Å²) in [5, 5.41) is 0. The monoisotopic (exact) mass is 236 g/mol. The van der Waals surface area contributed by atoms with Gasteiger partial charge in [0.15, 0.2) is 0 Å². The third-order valence-corrected chi connectivity index (χ3v) is 3.29. The Balaban J connectivity index is 2.00. The zero-order valence-corrected chi connectivity index (χ0v) is 10.4. The first-order chi connectivity index (χ1) is 8.20. The minimum Gasteiger partial charge on any atom is -0.356 e. The van der Waals surface area contributed by atoms with Crippen molar-refractivity contribution >= 4 is 11.8 Å². The Morgan fingerprint density at radius 1 is 1.41 bits per heavy atom. The van der Waals surface area contributed by atoms with E-state index in [2.05, 4.69) is 39.3 Å². The van der Waals surface area contributed by atoms with Gasteiger partial charge < -0.3 is 9.80 Å². The van der Waals surface area contributed by atoms with Crippen LogP contribution in [0.4, 0.5) is 11.8 Å². The van der Waals surface area contributed by atoms with E-state index in [1.807, 2.05) is 6.07 Å². The molecule has 3 N–H and O–H groups in total. The summed E-state index contributed by atoms with van der Waals surface area (Å²) in [6.45, 7) is 2.06. The summed E-state index contributed by atoms with van der Waals surface area (Å²) < 4.78 is 0. The highest BCUT2D eigenvalue weighted by Crippen LogP contribution is 2.20. The van der Waals surface area contributed by atoms with Crippen LogP contribution in [0.1, 0.15) is 12.8 Å². The van der Waals surface area contributed by atoms with Gasteiger partial charge in [0.25, 0.3) is 0 Å². The lowest BCUT2D eigenvalue weighted by molar-refractivity contribution is 0.249. The first-order valence-electron chi connectivity index (χ1n) is 5.91. The number of nitrogens with two attached hydrogens (primary N) is 1. The summed E-state index contributed by atoms with van der Waals surface area (Å²) in [6, 6.07) is 2.61.